The van der Waals surface area contributed by atoms with E-state index in [1.165, 1.54) is 45.3 Å². The van der Waals surface area contributed by atoms with Crippen molar-refractivity contribution in [3.8, 4) is 0 Å². The average molecular weight is 227 g/mol. The molecule has 2 N–H and O–H groups in total. The average Bonchev–Trinajstić information content (AvgIpc) is 2.75. The summed E-state index contributed by atoms with van der Waals surface area (Å²) < 4.78 is 0. The molecule has 0 aromatic rings. The van der Waals surface area contributed by atoms with Gasteiger partial charge in [-0.1, -0.05) is 0 Å². The van der Waals surface area contributed by atoms with Gasteiger partial charge in [-0.05, 0) is 66.2 Å². The Morgan fingerprint density at radius 2 is 2.19 bits per heavy atom. The summed E-state index contributed by atoms with van der Waals surface area (Å²) in [7, 11) is 2.21. The Balaban J connectivity index is 1.84. The normalized spacial score (nSPS) is 21.2. The molecule has 16 heavy (non-hydrogen) atoms. The topological polar surface area (TPSA) is 27.3 Å². The van der Waals surface area contributed by atoms with Crippen LogP contribution < -0.4 is 10.6 Å². The van der Waals surface area contributed by atoms with Gasteiger partial charge in [0.1, 0.15) is 0 Å². The lowest BCUT2D eigenvalue weighted by atomic mass is 10.2. The molecular weight excluding hydrogens is 198 g/mol. The predicted octanol–water partition coefficient (Wildman–Crippen LogP) is 1.45. The van der Waals surface area contributed by atoms with E-state index in [0.29, 0.717) is 6.04 Å². The van der Waals surface area contributed by atoms with E-state index in [1.807, 2.05) is 0 Å². The third-order valence-corrected chi connectivity index (χ3v) is 3.55. The first-order chi connectivity index (χ1) is 7.70. The molecule has 0 aromatic carbocycles. The van der Waals surface area contributed by atoms with Gasteiger partial charge in [0.15, 0.2) is 0 Å². The Labute approximate surface area is 101 Å². The first-order valence-electron chi connectivity index (χ1n) is 6.84. The van der Waals surface area contributed by atoms with Crippen molar-refractivity contribution in [3.63, 3.8) is 0 Å². The van der Waals surface area contributed by atoms with Gasteiger partial charge in [-0.2, -0.15) is 0 Å². The third kappa shape index (κ3) is 5.83. The van der Waals surface area contributed by atoms with E-state index < -0.39 is 0 Å². The number of hydrogen-bond acceptors (Lipinski definition) is 3. The van der Waals surface area contributed by atoms with Gasteiger partial charge < -0.3 is 15.5 Å². The van der Waals surface area contributed by atoms with E-state index in [4.69, 9.17) is 0 Å². The Morgan fingerprint density at radius 1 is 1.38 bits per heavy atom. The Kier molecular flexibility index (Phi) is 7.01. The molecule has 1 aliphatic heterocycles. The van der Waals surface area contributed by atoms with Crippen molar-refractivity contribution in [1.82, 2.24) is 15.5 Å². The van der Waals surface area contributed by atoms with Gasteiger partial charge >= 0.3 is 0 Å². The van der Waals surface area contributed by atoms with Gasteiger partial charge in [0, 0.05) is 18.6 Å². The zero-order chi connectivity index (χ0) is 11.8. The SMILES string of the molecule is CC(C)N(C)CCCCNCC1CCCN1. The highest BCUT2D eigenvalue weighted by Crippen LogP contribution is 2.03. The van der Waals surface area contributed by atoms with Gasteiger partial charge in [-0.15, -0.1) is 0 Å². The fraction of sp³-hybridized carbons (Fsp3) is 1.00. The molecule has 0 saturated carbocycles. The van der Waals surface area contributed by atoms with Crippen LogP contribution in [0.1, 0.15) is 39.5 Å². The Hall–Kier alpha value is -0.120. The maximum Gasteiger partial charge on any atom is 0.0192 e. The fourth-order valence-electron chi connectivity index (χ4n) is 2.08. The number of nitrogens with one attached hydrogen (secondary N) is 2. The molecule has 1 rings (SSSR count). The first-order valence-corrected chi connectivity index (χ1v) is 6.84. The van der Waals surface area contributed by atoms with Crippen molar-refractivity contribution in [2.45, 2.75) is 51.6 Å². The van der Waals surface area contributed by atoms with Crippen LogP contribution in [0, 0.1) is 0 Å². The summed E-state index contributed by atoms with van der Waals surface area (Å²) >= 11 is 0. The van der Waals surface area contributed by atoms with E-state index in [-0.39, 0.29) is 0 Å². The van der Waals surface area contributed by atoms with E-state index in [1.54, 1.807) is 0 Å². The lowest BCUT2D eigenvalue weighted by Gasteiger charge is -2.20. The number of nitrogens with zero attached hydrogens (tertiary/aromatic N) is 1. The van der Waals surface area contributed by atoms with Crippen LogP contribution in [0.5, 0.6) is 0 Å². The molecule has 3 heteroatoms. The zero-order valence-electron chi connectivity index (χ0n) is 11.3. The van der Waals surface area contributed by atoms with Crippen LogP contribution in [0.2, 0.25) is 0 Å². The molecule has 0 spiro atoms. The van der Waals surface area contributed by atoms with Gasteiger partial charge in [0.2, 0.25) is 0 Å². The van der Waals surface area contributed by atoms with Crippen molar-refractivity contribution in [1.29, 1.82) is 0 Å². The van der Waals surface area contributed by atoms with E-state index >= 15 is 0 Å². The minimum atomic E-state index is 0.677. The van der Waals surface area contributed by atoms with Crippen molar-refractivity contribution >= 4 is 0 Å². The molecular formula is C13H29N3. The number of unbranched alkanes of at least 4 members (excludes halogenated alkanes) is 1. The molecule has 0 aliphatic carbocycles. The summed E-state index contributed by atoms with van der Waals surface area (Å²) in [5.74, 6) is 0. The molecule has 0 radical (unpaired) electrons. The van der Waals surface area contributed by atoms with Crippen LogP contribution >= 0.6 is 0 Å². The van der Waals surface area contributed by atoms with Crippen LogP contribution in [0.15, 0.2) is 0 Å². The fourth-order valence-corrected chi connectivity index (χ4v) is 2.08. The molecule has 3 nitrogen and oxygen atoms in total. The largest absolute Gasteiger partial charge is 0.315 e. The van der Waals surface area contributed by atoms with Gasteiger partial charge in [-0.3, -0.25) is 0 Å². The number of hydrogen-bond donors (Lipinski definition) is 2. The van der Waals surface area contributed by atoms with Gasteiger partial charge in [0.05, 0.1) is 0 Å². The second-order valence-corrected chi connectivity index (χ2v) is 5.28. The predicted molar refractivity (Wildman–Crippen MR) is 70.9 cm³/mol. The van der Waals surface area contributed by atoms with Crippen molar-refractivity contribution in [3.05, 3.63) is 0 Å². The summed E-state index contributed by atoms with van der Waals surface area (Å²) in [5.41, 5.74) is 0. The van der Waals surface area contributed by atoms with Crippen molar-refractivity contribution < 1.29 is 0 Å². The maximum absolute atomic E-state index is 3.55. The molecule has 0 aromatic heterocycles. The molecule has 1 atom stereocenters. The summed E-state index contributed by atoms with van der Waals surface area (Å²) in [5, 5.41) is 7.06. The van der Waals surface area contributed by atoms with Crippen LogP contribution in [-0.2, 0) is 0 Å². The molecule has 1 fully saturated rings. The van der Waals surface area contributed by atoms with Crippen LogP contribution in [-0.4, -0.2) is 50.2 Å². The second kappa shape index (κ2) is 8.04. The smallest absolute Gasteiger partial charge is 0.0192 e. The molecule has 1 saturated heterocycles. The zero-order valence-corrected chi connectivity index (χ0v) is 11.3. The quantitative estimate of drug-likeness (QED) is 0.615. The highest BCUT2D eigenvalue weighted by molar-refractivity contribution is 4.75. The molecule has 0 amide bonds. The van der Waals surface area contributed by atoms with E-state index in [9.17, 15) is 0 Å². The molecule has 0 bridgehead atoms. The highest BCUT2D eigenvalue weighted by Gasteiger charge is 2.12. The van der Waals surface area contributed by atoms with Gasteiger partial charge in [0.25, 0.3) is 0 Å². The van der Waals surface area contributed by atoms with E-state index in [2.05, 4.69) is 36.4 Å². The van der Waals surface area contributed by atoms with Crippen LogP contribution in [0.4, 0.5) is 0 Å². The molecule has 1 unspecified atom stereocenters. The monoisotopic (exact) mass is 227 g/mol. The van der Waals surface area contributed by atoms with E-state index in [0.717, 1.165) is 12.6 Å². The minimum absolute atomic E-state index is 0.677. The molecule has 1 heterocycles. The molecule has 1 aliphatic rings. The molecule has 96 valence electrons. The standard InChI is InChI=1S/C13H29N3/c1-12(2)16(3)10-5-4-8-14-11-13-7-6-9-15-13/h12-15H,4-11H2,1-3H3. The number of rotatable bonds is 8. The Morgan fingerprint density at radius 3 is 2.81 bits per heavy atom. The lowest BCUT2D eigenvalue weighted by Crippen LogP contribution is -2.34. The maximum atomic E-state index is 3.55. The lowest BCUT2D eigenvalue weighted by molar-refractivity contribution is 0.268. The summed E-state index contributed by atoms with van der Waals surface area (Å²) in [6.45, 7) is 9.27. The third-order valence-electron chi connectivity index (χ3n) is 3.55. The minimum Gasteiger partial charge on any atom is -0.315 e. The van der Waals surface area contributed by atoms with Crippen LogP contribution in [0.25, 0.3) is 0 Å². The van der Waals surface area contributed by atoms with Crippen molar-refractivity contribution in [2.24, 2.45) is 0 Å². The van der Waals surface area contributed by atoms with Gasteiger partial charge in [-0.25, -0.2) is 0 Å². The first kappa shape index (κ1) is 13.9. The summed E-state index contributed by atoms with van der Waals surface area (Å²) in [6, 6.07) is 1.41. The Bertz CT molecular complexity index is 159. The second-order valence-electron chi connectivity index (χ2n) is 5.28. The highest BCUT2D eigenvalue weighted by atomic mass is 15.1. The summed E-state index contributed by atoms with van der Waals surface area (Å²) in [6.07, 6.45) is 5.30. The van der Waals surface area contributed by atoms with Crippen LogP contribution in [0.3, 0.4) is 0 Å². The van der Waals surface area contributed by atoms with Crippen molar-refractivity contribution in [2.75, 3.05) is 33.2 Å². The summed E-state index contributed by atoms with van der Waals surface area (Å²) in [4.78, 5) is 2.42.